The van der Waals surface area contributed by atoms with Gasteiger partial charge < -0.3 is 14.6 Å². The summed E-state index contributed by atoms with van der Waals surface area (Å²) in [6, 6.07) is 4.79. The molecule has 16 heavy (non-hydrogen) atoms. The van der Waals surface area contributed by atoms with Crippen LogP contribution < -0.4 is 4.74 Å². The second kappa shape index (κ2) is 3.70. The number of ether oxygens (including phenoxy) is 2. The van der Waals surface area contributed by atoms with Gasteiger partial charge in [0.05, 0.1) is 19.6 Å². The van der Waals surface area contributed by atoms with Crippen LogP contribution in [0.25, 0.3) is 0 Å². The summed E-state index contributed by atoms with van der Waals surface area (Å²) in [6.07, 6.45) is 1.53. The highest BCUT2D eigenvalue weighted by molar-refractivity contribution is 5.87. The summed E-state index contributed by atoms with van der Waals surface area (Å²) in [7, 11) is 2.90. The minimum Gasteiger partial charge on any atom is -0.508 e. The lowest BCUT2D eigenvalue weighted by molar-refractivity contribution is -0.143. The molecule has 1 saturated carbocycles. The summed E-state index contributed by atoms with van der Waals surface area (Å²) >= 11 is 0. The number of phenolic OH excluding ortho intramolecular Hbond substituents is 1. The predicted molar refractivity (Wildman–Crippen MR) is 57.6 cm³/mol. The number of benzene rings is 1. The van der Waals surface area contributed by atoms with E-state index in [1.54, 1.807) is 12.1 Å². The largest absolute Gasteiger partial charge is 0.508 e. The van der Waals surface area contributed by atoms with Gasteiger partial charge in [-0.15, -0.1) is 0 Å². The van der Waals surface area contributed by atoms with Gasteiger partial charge >= 0.3 is 5.97 Å². The van der Waals surface area contributed by atoms with Gasteiger partial charge in [0.1, 0.15) is 11.5 Å². The van der Waals surface area contributed by atoms with Crippen LogP contribution in [0.15, 0.2) is 18.2 Å². The number of hydrogen-bond donors (Lipinski definition) is 1. The number of carbonyl (C=O) groups excluding carboxylic acids is 1. The molecule has 4 nitrogen and oxygen atoms in total. The lowest BCUT2D eigenvalue weighted by Gasteiger charge is -2.16. The van der Waals surface area contributed by atoms with Crippen molar-refractivity contribution >= 4 is 5.97 Å². The van der Waals surface area contributed by atoms with Gasteiger partial charge in [-0.05, 0) is 18.9 Å². The van der Waals surface area contributed by atoms with E-state index in [1.807, 2.05) is 0 Å². The molecule has 0 bridgehead atoms. The van der Waals surface area contributed by atoms with E-state index >= 15 is 0 Å². The minimum absolute atomic E-state index is 0.126. The molecule has 2 rings (SSSR count). The smallest absolute Gasteiger partial charge is 0.316 e. The Morgan fingerprint density at radius 1 is 1.38 bits per heavy atom. The van der Waals surface area contributed by atoms with E-state index in [0.717, 1.165) is 18.4 Å². The molecule has 1 aromatic rings. The van der Waals surface area contributed by atoms with Crippen LogP contribution in [-0.2, 0) is 14.9 Å². The van der Waals surface area contributed by atoms with Crippen molar-refractivity contribution in [3.05, 3.63) is 23.8 Å². The summed E-state index contributed by atoms with van der Waals surface area (Å²) in [5.74, 6) is 0.417. The second-order valence-corrected chi connectivity index (χ2v) is 3.96. The van der Waals surface area contributed by atoms with Crippen molar-refractivity contribution in [1.29, 1.82) is 0 Å². The molecule has 0 aliphatic heterocycles. The predicted octanol–water partition coefficient (Wildman–Crippen LogP) is 1.61. The normalized spacial score (nSPS) is 16.6. The van der Waals surface area contributed by atoms with Gasteiger partial charge in [-0.3, -0.25) is 4.79 Å². The Bertz CT molecular complexity index is 421. The fourth-order valence-corrected chi connectivity index (χ4v) is 1.98. The van der Waals surface area contributed by atoms with E-state index in [1.165, 1.54) is 20.3 Å². The van der Waals surface area contributed by atoms with E-state index in [4.69, 9.17) is 9.47 Å². The number of hydrogen-bond acceptors (Lipinski definition) is 4. The Morgan fingerprint density at radius 3 is 2.56 bits per heavy atom. The molecule has 1 N–H and O–H groups in total. The van der Waals surface area contributed by atoms with Gasteiger partial charge in [0.25, 0.3) is 0 Å². The number of carbonyl (C=O) groups is 1. The Balaban J connectivity index is 2.44. The fraction of sp³-hybridized carbons (Fsp3) is 0.417. The van der Waals surface area contributed by atoms with Crippen LogP contribution in [0.4, 0.5) is 0 Å². The lowest BCUT2D eigenvalue weighted by atomic mass is 9.95. The molecule has 0 aromatic heterocycles. The molecule has 0 amide bonds. The van der Waals surface area contributed by atoms with Gasteiger partial charge in [-0.25, -0.2) is 0 Å². The summed E-state index contributed by atoms with van der Waals surface area (Å²) < 4.78 is 9.98. The highest BCUT2D eigenvalue weighted by Crippen LogP contribution is 2.52. The second-order valence-electron chi connectivity index (χ2n) is 3.96. The number of phenols is 1. The zero-order valence-electron chi connectivity index (χ0n) is 9.32. The van der Waals surface area contributed by atoms with E-state index in [9.17, 15) is 9.90 Å². The maximum atomic E-state index is 11.7. The Kier molecular flexibility index (Phi) is 2.50. The third kappa shape index (κ3) is 1.50. The first-order chi connectivity index (χ1) is 7.64. The molecule has 0 saturated heterocycles. The van der Waals surface area contributed by atoms with E-state index in [2.05, 4.69) is 0 Å². The summed E-state index contributed by atoms with van der Waals surface area (Å²) in [5, 5.41) is 9.35. The third-order valence-corrected chi connectivity index (χ3v) is 3.03. The summed E-state index contributed by atoms with van der Waals surface area (Å²) in [5.41, 5.74) is 0.230. The molecule has 1 aliphatic rings. The zero-order valence-corrected chi connectivity index (χ0v) is 9.32. The van der Waals surface area contributed by atoms with Crippen molar-refractivity contribution < 1.29 is 19.4 Å². The Morgan fingerprint density at radius 2 is 2.06 bits per heavy atom. The maximum Gasteiger partial charge on any atom is 0.316 e. The number of esters is 1. The molecule has 0 atom stereocenters. The van der Waals surface area contributed by atoms with Crippen LogP contribution in [-0.4, -0.2) is 25.3 Å². The molecule has 1 aromatic carbocycles. The van der Waals surface area contributed by atoms with Crippen molar-refractivity contribution in [2.45, 2.75) is 18.3 Å². The number of aromatic hydroxyl groups is 1. The van der Waals surface area contributed by atoms with E-state index in [-0.39, 0.29) is 11.7 Å². The topological polar surface area (TPSA) is 55.8 Å². The first kappa shape index (κ1) is 10.8. The summed E-state index contributed by atoms with van der Waals surface area (Å²) in [6.45, 7) is 0. The van der Waals surface area contributed by atoms with Crippen LogP contribution in [0.2, 0.25) is 0 Å². The van der Waals surface area contributed by atoms with Crippen molar-refractivity contribution in [3.8, 4) is 11.5 Å². The number of rotatable bonds is 3. The van der Waals surface area contributed by atoms with Crippen LogP contribution in [0.3, 0.4) is 0 Å². The third-order valence-electron chi connectivity index (χ3n) is 3.03. The molecular formula is C12H14O4. The first-order valence-corrected chi connectivity index (χ1v) is 5.10. The van der Waals surface area contributed by atoms with Crippen molar-refractivity contribution in [1.82, 2.24) is 0 Å². The van der Waals surface area contributed by atoms with Crippen LogP contribution in [0, 0.1) is 0 Å². The highest BCUT2D eigenvalue weighted by Gasteiger charge is 2.54. The van der Waals surface area contributed by atoms with Gasteiger partial charge in [0.2, 0.25) is 0 Å². The molecule has 86 valence electrons. The first-order valence-electron chi connectivity index (χ1n) is 5.10. The molecule has 0 spiro atoms. The Hall–Kier alpha value is -1.71. The van der Waals surface area contributed by atoms with Gasteiger partial charge in [0, 0.05) is 11.6 Å². The van der Waals surface area contributed by atoms with E-state index in [0.29, 0.717) is 5.75 Å². The van der Waals surface area contributed by atoms with Crippen LogP contribution >= 0.6 is 0 Å². The quantitative estimate of drug-likeness (QED) is 0.789. The van der Waals surface area contributed by atoms with Crippen molar-refractivity contribution in [2.24, 2.45) is 0 Å². The average molecular weight is 222 g/mol. The number of methoxy groups -OCH3 is 2. The zero-order chi connectivity index (χ0) is 11.8. The highest BCUT2D eigenvalue weighted by atomic mass is 16.5. The lowest BCUT2D eigenvalue weighted by Crippen LogP contribution is -2.22. The Labute approximate surface area is 93.8 Å². The maximum absolute atomic E-state index is 11.7. The minimum atomic E-state index is -0.562. The molecular weight excluding hydrogens is 208 g/mol. The van der Waals surface area contributed by atoms with Crippen molar-refractivity contribution in [2.75, 3.05) is 14.2 Å². The van der Waals surface area contributed by atoms with Gasteiger partial charge in [0.15, 0.2) is 0 Å². The average Bonchev–Trinajstić information content (AvgIpc) is 3.09. The molecule has 4 heteroatoms. The van der Waals surface area contributed by atoms with Crippen LogP contribution in [0.1, 0.15) is 18.4 Å². The summed E-state index contributed by atoms with van der Waals surface area (Å²) in [4.78, 5) is 11.7. The molecule has 0 unspecified atom stereocenters. The molecule has 0 radical (unpaired) electrons. The molecule has 1 fully saturated rings. The van der Waals surface area contributed by atoms with Crippen molar-refractivity contribution in [3.63, 3.8) is 0 Å². The monoisotopic (exact) mass is 222 g/mol. The fourth-order valence-electron chi connectivity index (χ4n) is 1.98. The van der Waals surface area contributed by atoms with E-state index < -0.39 is 5.41 Å². The van der Waals surface area contributed by atoms with Gasteiger partial charge in [-0.2, -0.15) is 0 Å². The SMILES string of the molecule is COC(=O)C1(c2ccc(O)cc2OC)CC1. The van der Waals surface area contributed by atoms with Gasteiger partial charge in [-0.1, -0.05) is 6.07 Å². The molecule has 1 aliphatic carbocycles. The standard InChI is InChI=1S/C12H14O4/c1-15-10-7-8(13)3-4-9(10)12(5-6-12)11(14)16-2/h3-4,7,13H,5-6H2,1-2H3. The molecule has 0 heterocycles. The van der Waals surface area contributed by atoms with Crippen LogP contribution in [0.5, 0.6) is 11.5 Å².